The summed E-state index contributed by atoms with van der Waals surface area (Å²) in [6.45, 7) is 1.60. The Morgan fingerprint density at radius 3 is 2.18 bits per heavy atom. The van der Waals surface area contributed by atoms with Crippen LogP contribution in [0.5, 0.6) is 0 Å². The van der Waals surface area contributed by atoms with Crippen molar-refractivity contribution in [2.75, 3.05) is 23.9 Å². The van der Waals surface area contributed by atoms with Gasteiger partial charge in [0, 0.05) is 29.9 Å². The van der Waals surface area contributed by atoms with Crippen LogP contribution in [0, 0.1) is 0 Å². The minimum absolute atomic E-state index is 0.0637. The van der Waals surface area contributed by atoms with Gasteiger partial charge in [0.1, 0.15) is 5.75 Å². The van der Waals surface area contributed by atoms with Crippen LogP contribution < -0.4 is 10.2 Å². The lowest BCUT2D eigenvalue weighted by molar-refractivity contribution is -0.140. The van der Waals surface area contributed by atoms with Crippen molar-refractivity contribution in [2.24, 2.45) is 0 Å². The maximum Gasteiger partial charge on any atom is 0.307 e. The second-order valence-electron chi connectivity index (χ2n) is 8.39. The van der Waals surface area contributed by atoms with Crippen LogP contribution >= 0.6 is 11.6 Å². The van der Waals surface area contributed by atoms with Crippen molar-refractivity contribution >= 4 is 61.5 Å². The number of carbonyl (C=O) groups is 2. The average molecular weight is 553 g/mol. The fourth-order valence-corrected chi connectivity index (χ4v) is 5.18. The van der Waals surface area contributed by atoms with E-state index in [2.05, 4.69) is 20.0 Å². The first-order chi connectivity index (χ1) is 18.2. The van der Waals surface area contributed by atoms with Crippen LogP contribution in [-0.2, 0) is 29.9 Å². The fourth-order valence-electron chi connectivity index (χ4n) is 3.78. The van der Waals surface area contributed by atoms with Crippen molar-refractivity contribution in [1.29, 1.82) is 0 Å². The first-order valence-corrected chi connectivity index (χ1v) is 13.7. The predicted octanol–water partition coefficient (Wildman–Crippen LogP) is 4.92. The molecule has 0 saturated carbocycles. The molecule has 11 heteroatoms. The molecule has 0 fully saturated rings. The standard InChI is InChI=1S/C27H25ClN4O5S/c1-18(33)32(16-15-26(34)37-2)21-11-9-20(10-12-21)29-27-25(30-23-5-3-4-6-24(23)31-27)17-38(35,36)22-13-7-19(28)8-14-22/h3-14H,15-17H2,1-2H3,(H,29,31). The molecule has 1 aromatic heterocycles. The number of hydrogen-bond acceptors (Lipinski definition) is 8. The largest absolute Gasteiger partial charge is 0.469 e. The lowest BCUT2D eigenvalue weighted by Gasteiger charge is -2.21. The highest BCUT2D eigenvalue weighted by Crippen LogP contribution is 2.27. The number of sulfone groups is 1. The van der Waals surface area contributed by atoms with Crippen LogP contribution in [0.4, 0.5) is 17.2 Å². The number of hydrogen-bond donors (Lipinski definition) is 1. The van der Waals surface area contributed by atoms with Gasteiger partial charge in [0.05, 0.1) is 35.2 Å². The van der Waals surface area contributed by atoms with Gasteiger partial charge in [0.2, 0.25) is 5.91 Å². The topological polar surface area (TPSA) is 119 Å². The van der Waals surface area contributed by atoms with E-state index in [9.17, 15) is 18.0 Å². The summed E-state index contributed by atoms with van der Waals surface area (Å²) in [5, 5.41) is 3.60. The smallest absolute Gasteiger partial charge is 0.307 e. The number of para-hydroxylation sites is 2. The maximum atomic E-state index is 13.2. The zero-order valence-corrected chi connectivity index (χ0v) is 22.3. The van der Waals surface area contributed by atoms with E-state index in [1.807, 2.05) is 6.07 Å². The Hall–Kier alpha value is -4.02. The molecule has 0 spiro atoms. The van der Waals surface area contributed by atoms with Gasteiger partial charge in [0.15, 0.2) is 15.7 Å². The fraction of sp³-hybridized carbons (Fsp3) is 0.185. The molecule has 4 aromatic rings. The van der Waals surface area contributed by atoms with Gasteiger partial charge in [0.25, 0.3) is 0 Å². The molecule has 9 nitrogen and oxygen atoms in total. The summed E-state index contributed by atoms with van der Waals surface area (Å²) in [6.07, 6.45) is 0.0637. The Morgan fingerprint density at radius 1 is 0.947 bits per heavy atom. The zero-order valence-electron chi connectivity index (χ0n) is 20.7. The number of ether oxygens (including phenoxy) is 1. The van der Waals surface area contributed by atoms with Gasteiger partial charge in [-0.3, -0.25) is 9.59 Å². The summed E-state index contributed by atoms with van der Waals surface area (Å²) in [5.41, 5.74) is 2.63. The molecule has 196 valence electrons. The Bertz CT molecular complexity index is 1580. The van der Waals surface area contributed by atoms with Crippen LogP contribution in [0.3, 0.4) is 0 Å². The molecule has 4 rings (SSSR count). The van der Waals surface area contributed by atoms with Gasteiger partial charge in [-0.25, -0.2) is 18.4 Å². The lowest BCUT2D eigenvalue weighted by Crippen LogP contribution is -2.31. The van der Waals surface area contributed by atoms with Crippen molar-refractivity contribution in [1.82, 2.24) is 9.97 Å². The van der Waals surface area contributed by atoms with Crippen molar-refractivity contribution in [3.63, 3.8) is 0 Å². The van der Waals surface area contributed by atoms with Crippen LogP contribution in [-0.4, -0.2) is 43.9 Å². The summed E-state index contributed by atoms with van der Waals surface area (Å²) in [7, 11) is -2.44. The third kappa shape index (κ3) is 6.45. The molecule has 1 heterocycles. The summed E-state index contributed by atoms with van der Waals surface area (Å²) in [4.78, 5) is 34.5. The van der Waals surface area contributed by atoms with Gasteiger partial charge in [-0.15, -0.1) is 0 Å². The van der Waals surface area contributed by atoms with E-state index in [-0.39, 0.29) is 35.2 Å². The van der Waals surface area contributed by atoms with Crippen molar-refractivity contribution in [3.05, 3.63) is 83.5 Å². The van der Waals surface area contributed by atoms with Gasteiger partial charge >= 0.3 is 5.97 Å². The highest BCUT2D eigenvalue weighted by molar-refractivity contribution is 7.90. The monoisotopic (exact) mass is 552 g/mol. The molecule has 38 heavy (non-hydrogen) atoms. The number of amides is 1. The third-order valence-corrected chi connectivity index (χ3v) is 7.63. The predicted molar refractivity (Wildman–Crippen MR) is 146 cm³/mol. The number of carbonyl (C=O) groups excluding carboxylic acids is 2. The van der Waals surface area contributed by atoms with Crippen molar-refractivity contribution < 1.29 is 22.7 Å². The number of rotatable bonds is 9. The third-order valence-electron chi connectivity index (χ3n) is 5.73. The summed E-state index contributed by atoms with van der Waals surface area (Å²) < 4.78 is 31.0. The van der Waals surface area contributed by atoms with E-state index in [0.717, 1.165) is 0 Å². The van der Waals surface area contributed by atoms with Gasteiger partial charge < -0.3 is 15.0 Å². The highest BCUT2D eigenvalue weighted by atomic mass is 35.5. The summed E-state index contributed by atoms with van der Waals surface area (Å²) >= 11 is 5.92. The number of benzene rings is 3. The highest BCUT2D eigenvalue weighted by Gasteiger charge is 2.21. The zero-order chi connectivity index (χ0) is 27.3. The minimum Gasteiger partial charge on any atom is -0.469 e. The van der Waals surface area contributed by atoms with Gasteiger partial charge in [-0.1, -0.05) is 23.7 Å². The van der Waals surface area contributed by atoms with E-state index in [1.54, 1.807) is 42.5 Å². The Morgan fingerprint density at radius 2 is 1.58 bits per heavy atom. The Labute approximate surface area is 225 Å². The maximum absolute atomic E-state index is 13.2. The molecular weight excluding hydrogens is 528 g/mol. The van der Waals surface area contributed by atoms with Crippen LogP contribution in [0.15, 0.2) is 77.7 Å². The molecule has 1 N–H and O–H groups in total. The molecule has 0 aliphatic heterocycles. The number of aromatic nitrogens is 2. The summed E-state index contributed by atoms with van der Waals surface area (Å²) in [6, 6.07) is 20.1. The molecule has 0 aliphatic carbocycles. The number of halogens is 1. The van der Waals surface area contributed by atoms with Crippen molar-refractivity contribution in [3.8, 4) is 0 Å². The number of nitrogens with one attached hydrogen (secondary N) is 1. The second kappa shape index (κ2) is 11.6. The minimum atomic E-state index is -3.74. The van der Waals surface area contributed by atoms with Crippen LogP contribution in [0.2, 0.25) is 5.02 Å². The molecule has 0 radical (unpaired) electrons. The number of methoxy groups -OCH3 is 1. The molecular formula is C27H25ClN4O5S. The Balaban J connectivity index is 1.63. The van der Waals surface area contributed by atoms with Crippen LogP contribution in [0.25, 0.3) is 11.0 Å². The Kier molecular flexibility index (Phi) is 8.23. The molecule has 0 aliphatic rings. The van der Waals surface area contributed by atoms with Gasteiger partial charge in [-0.2, -0.15) is 0 Å². The first-order valence-electron chi connectivity index (χ1n) is 11.6. The van der Waals surface area contributed by atoms with E-state index in [4.69, 9.17) is 11.6 Å². The van der Waals surface area contributed by atoms with Gasteiger partial charge in [-0.05, 0) is 60.7 Å². The molecule has 0 bridgehead atoms. The molecule has 0 saturated heterocycles. The first kappa shape index (κ1) is 27.0. The second-order valence-corrected chi connectivity index (χ2v) is 10.8. The molecule has 1 amide bonds. The van der Waals surface area contributed by atoms with E-state index in [1.165, 1.54) is 43.2 Å². The van der Waals surface area contributed by atoms with Crippen molar-refractivity contribution in [2.45, 2.75) is 24.0 Å². The quantitative estimate of drug-likeness (QED) is 0.291. The number of nitrogens with zero attached hydrogens (tertiary/aromatic N) is 3. The summed E-state index contributed by atoms with van der Waals surface area (Å²) in [5.74, 6) is -0.711. The average Bonchev–Trinajstić information content (AvgIpc) is 2.89. The van der Waals surface area contributed by atoms with E-state index < -0.39 is 15.8 Å². The SMILES string of the molecule is COC(=O)CCN(C(C)=O)c1ccc(Nc2nc3ccccc3nc2CS(=O)(=O)c2ccc(Cl)cc2)cc1. The van der Waals surface area contributed by atoms with E-state index in [0.29, 0.717) is 33.2 Å². The number of esters is 1. The number of anilines is 3. The molecule has 3 aromatic carbocycles. The molecule has 0 atom stereocenters. The van der Waals surface area contributed by atoms with Crippen LogP contribution in [0.1, 0.15) is 19.0 Å². The lowest BCUT2D eigenvalue weighted by atomic mass is 10.2. The van der Waals surface area contributed by atoms with E-state index >= 15 is 0 Å². The molecule has 0 unspecified atom stereocenters. The number of fused-ring (bicyclic) bond motifs is 1. The normalized spacial score (nSPS) is 11.2.